The maximum atomic E-state index is 11.8. The van der Waals surface area contributed by atoms with Crippen molar-refractivity contribution in [2.24, 2.45) is 0 Å². The van der Waals surface area contributed by atoms with Crippen LogP contribution in [0.15, 0.2) is 42.6 Å². The molecule has 1 N–H and O–H groups in total. The molecule has 8 nitrogen and oxygen atoms in total. The molecule has 1 aliphatic heterocycles. The fourth-order valence-electron chi connectivity index (χ4n) is 3.18. The van der Waals surface area contributed by atoms with Gasteiger partial charge in [-0.2, -0.15) is 5.10 Å². The fourth-order valence-corrected chi connectivity index (χ4v) is 3.18. The molecule has 0 radical (unpaired) electrons. The van der Waals surface area contributed by atoms with Crippen LogP contribution in [0.25, 0.3) is 0 Å². The zero-order valence-corrected chi connectivity index (χ0v) is 15.5. The van der Waals surface area contributed by atoms with Gasteiger partial charge in [0.25, 0.3) is 0 Å². The van der Waals surface area contributed by atoms with E-state index in [-0.39, 0.29) is 0 Å². The van der Waals surface area contributed by atoms with Crippen LogP contribution in [-0.2, 0) is 0 Å². The van der Waals surface area contributed by atoms with Crippen LogP contribution in [0, 0.1) is 0 Å². The molecule has 1 fully saturated rings. The molecule has 144 valence electrons. The SMILES string of the molecule is CCOc1ccccc1N(CCN1CCN(c2cccnn2)CC1)C(=O)O. The van der Waals surface area contributed by atoms with Crippen LogP contribution in [0.3, 0.4) is 0 Å². The summed E-state index contributed by atoms with van der Waals surface area (Å²) in [6, 6.07) is 11.1. The van der Waals surface area contributed by atoms with Crippen molar-refractivity contribution in [3.8, 4) is 5.75 Å². The fraction of sp³-hybridized carbons (Fsp3) is 0.421. The minimum absolute atomic E-state index is 0.393. The first kappa shape index (κ1) is 18.9. The third kappa shape index (κ3) is 4.85. The van der Waals surface area contributed by atoms with E-state index >= 15 is 0 Å². The molecule has 0 spiro atoms. The van der Waals surface area contributed by atoms with Gasteiger partial charge in [0.05, 0.1) is 12.3 Å². The van der Waals surface area contributed by atoms with Gasteiger partial charge in [0, 0.05) is 45.5 Å². The number of benzene rings is 1. The van der Waals surface area contributed by atoms with Gasteiger partial charge in [0.1, 0.15) is 5.75 Å². The smallest absolute Gasteiger partial charge is 0.411 e. The van der Waals surface area contributed by atoms with Gasteiger partial charge >= 0.3 is 6.09 Å². The molecular formula is C19H25N5O3. The number of nitrogens with zero attached hydrogens (tertiary/aromatic N) is 5. The van der Waals surface area contributed by atoms with Crippen molar-refractivity contribution in [1.82, 2.24) is 15.1 Å². The minimum Gasteiger partial charge on any atom is -0.492 e. The number of carbonyl (C=O) groups is 1. The molecule has 3 rings (SSSR count). The third-order valence-corrected chi connectivity index (χ3v) is 4.58. The predicted molar refractivity (Wildman–Crippen MR) is 104 cm³/mol. The highest BCUT2D eigenvalue weighted by Crippen LogP contribution is 2.28. The molecule has 2 aromatic rings. The average Bonchev–Trinajstić information content (AvgIpc) is 2.70. The first-order chi connectivity index (χ1) is 13.2. The first-order valence-corrected chi connectivity index (χ1v) is 9.16. The van der Waals surface area contributed by atoms with E-state index in [1.165, 1.54) is 4.90 Å². The van der Waals surface area contributed by atoms with Crippen molar-refractivity contribution in [3.63, 3.8) is 0 Å². The lowest BCUT2D eigenvalue weighted by molar-refractivity contribution is 0.198. The van der Waals surface area contributed by atoms with Gasteiger partial charge in [-0.05, 0) is 31.2 Å². The number of hydrogen-bond acceptors (Lipinski definition) is 6. The Balaban J connectivity index is 1.57. The number of anilines is 2. The highest BCUT2D eigenvalue weighted by Gasteiger charge is 2.22. The van der Waals surface area contributed by atoms with Crippen LogP contribution in [0.2, 0.25) is 0 Å². The maximum absolute atomic E-state index is 11.8. The highest BCUT2D eigenvalue weighted by atomic mass is 16.5. The molecule has 0 atom stereocenters. The molecule has 0 unspecified atom stereocenters. The summed E-state index contributed by atoms with van der Waals surface area (Å²) in [5.74, 6) is 1.48. The number of para-hydroxylation sites is 2. The average molecular weight is 371 g/mol. The van der Waals surface area contributed by atoms with Gasteiger partial charge in [-0.25, -0.2) is 4.79 Å². The van der Waals surface area contributed by atoms with Crippen molar-refractivity contribution in [2.75, 3.05) is 55.7 Å². The van der Waals surface area contributed by atoms with Crippen molar-refractivity contribution >= 4 is 17.6 Å². The molecule has 27 heavy (non-hydrogen) atoms. The van der Waals surface area contributed by atoms with E-state index in [2.05, 4.69) is 20.0 Å². The molecule has 1 saturated heterocycles. The molecule has 1 amide bonds. The Kier molecular flexibility index (Phi) is 6.43. The van der Waals surface area contributed by atoms with E-state index in [1.54, 1.807) is 18.3 Å². The first-order valence-electron chi connectivity index (χ1n) is 9.16. The molecule has 2 heterocycles. The summed E-state index contributed by atoms with van der Waals surface area (Å²) < 4.78 is 5.58. The quantitative estimate of drug-likeness (QED) is 0.799. The Hall–Kier alpha value is -2.87. The second-order valence-corrected chi connectivity index (χ2v) is 6.25. The summed E-state index contributed by atoms with van der Waals surface area (Å²) in [6.45, 7) is 6.86. The lowest BCUT2D eigenvalue weighted by Crippen LogP contribution is -2.49. The third-order valence-electron chi connectivity index (χ3n) is 4.58. The summed E-state index contributed by atoms with van der Waals surface area (Å²) in [4.78, 5) is 17.6. The van der Waals surface area contributed by atoms with Crippen molar-refractivity contribution in [1.29, 1.82) is 0 Å². The molecule has 0 saturated carbocycles. The second-order valence-electron chi connectivity index (χ2n) is 6.25. The molecule has 1 aromatic carbocycles. The van der Waals surface area contributed by atoms with Crippen LogP contribution in [0.1, 0.15) is 6.92 Å². The molecule has 0 aliphatic carbocycles. The van der Waals surface area contributed by atoms with Gasteiger partial charge < -0.3 is 14.7 Å². The Morgan fingerprint density at radius 2 is 1.96 bits per heavy atom. The van der Waals surface area contributed by atoms with E-state index in [0.29, 0.717) is 31.1 Å². The highest BCUT2D eigenvalue weighted by molar-refractivity contribution is 5.88. The largest absolute Gasteiger partial charge is 0.492 e. The number of ether oxygens (including phenoxy) is 1. The molecular weight excluding hydrogens is 346 g/mol. The zero-order valence-electron chi connectivity index (χ0n) is 15.5. The molecule has 1 aliphatic rings. The van der Waals surface area contributed by atoms with E-state index in [0.717, 1.165) is 32.0 Å². The lowest BCUT2D eigenvalue weighted by atomic mass is 10.2. The van der Waals surface area contributed by atoms with Gasteiger partial charge in [0.15, 0.2) is 5.82 Å². The summed E-state index contributed by atoms with van der Waals surface area (Å²) in [5.41, 5.74) is 0.588. The van der Waals surface area contributed by atoms with Crippen LogP contribution in [0.5, 0.6) is 5.75 Å². The number of carboxylic acid groups (broad SMARTS) is 1. The standard InChI is InChI=1S/C19H25N5O3/c1-2-27-17-7-4-3-6-16(17)24(19(25)26)15-12-22-10-13-23(14-11-22)18-8-5-9-20-21-18/h3-9H,2,10-15H2,1H3,(H,25,26). The van der Waals surface area contributed by atoms with Crippen molar-refractivity contribution in [2.45, 2.75) is 6.92 Å². The number of piperazine rings is 1. The summed E-state index contributed by atoms with van der Waals surface area (Å²) in [6.07, 6.45) is 0.695. The monoisotopic (exact) mass is 371 g/mol. The normalized spacial score (nSPS) is 14.8. The van der Waals surface area contributed by atoms with E-state index < -0.39 is 6.09 Å². The Morgan fingerprint density at radius 3 is 2.63 bits per heavy atom. The van der Waals surface area contributed by atoms with Crippen LogP contribution >= 0.6 is 0 Å². The van der Waals surface area contributed by atoms with Crippen molar-refractivity contribution < 1.29 is 14.6 Å². The van der Waals surface area contributed by atoms with E-state index in [9.17, 15) is 9.90 Å². The summed E-state index contributed by atoms with van der Waals surface area (Å²) in [5, 5.41) is 17.7. The predicted octanol–water partition coefficient (Wildman–Crippen LogP) is 2.18. The Bertz CT molecular complexity index is 735. The maximum Gasteiger partial charge on any atom is 0.411 e. The van der Waals surface area contributed by atoms with Crippen LogP contribution in [0.4, 0.5) is 16.3 Å². The number of amides is 1. The van der Waals surface area contributed by atoms with Gasteiger partial charge in [-0.1, -0.05) is 12.1 Å². The second kappa shape index (κ2) is 9.18. The topological polar surface area (TPSA) is 82.0 Å². The number of rotatable bonds is 7. The molecule has 8 heteroatoms. The van der Waals surface area contributed by atoms with Gasteiger partial charge in [-0.3, -0.25) is 9.80 Å². The summed E-state index contributed by atoms with van der Waals surface area (Å²) in [7, 11) is 0. The Morgan fingerprint density at radius 1 is 1.19 bits per heavy atom. The summed E-state index contributed by atoms with van der Waals surface area (Å²) >= 11 is 0. The van der Waals surface area contributed by atoms with Crippen LogP contribution in [-0.4, -0.2) is 72.2 Å². The van der Waals surface area contributed by atoms with E-state index in [1.807, 2.05) is 31.2 Å². The van der Waals surface area contributed by atoms with Crippen molar-refractivity contribution in [3.05, 3.63) is 42.6 Å². The van der Waals surface area contributed by atoms with Crippen LogP contribution < -0.4 is 14.5 Å². The van der Waals surface area contributed by atoms with Gasteiger partial charge in [0.2, 0.25) is 0 Å². The molecule has 1 aromatic heterocycles. The number of hydrogen-bond donors (Lipinski definition) is 1. The Labute approximate surface area is 159 Å². The number of aromatic nitrogens is 2. The van der Waals surface area contributed by atoms with E-state index in [4.69, 9.17) is 4.74 Å². The molecule has 0 bridgehead atoms. The zero-order chi connectivity index (χ0) is 19.1. The van der Waals surface area contributed by atoms with Gasteiger partial charge in [-0.15, -0.1) is 5.10 Å². The minimum atomic E-state index is -0.972. The lowest BCUT2D eigenvalue weighted by Gasteiger charge is -2.36.